The fourth-order valence-corrected chi connectivity index (χ4v) is 4.13. The molecule has 6 rings (SSSR count). The maximum atomic E-state index is 10.5. The fourth-order valence-electron chi connectivity index (χ4n) is 4.13. The van der Waals surface area contributed by atoms with Gasteiger partial charge < -0.3 is 25.8 Å². The minimum atomic E-state index is -1.68. The lowest BCUT2D eigenvalue weighted by Gasteiger charge is -2.22. The molecular weight excluding hydrogens is 402 g/mol. The van der Waals surface area contributed by atoms with E-state index in [-0.39, 0.29) is 5.82 Å². The van der Waals surface area contributed by atoms with Crippen molar-refractivity contribution in [3.8, 4) is 11.4 Å². The Labute approximate surface area is 175 Å². The minimum absolute atomic E-state index is 0.172. The van der Waals surface area contributed by atoms with E-state index in [0.29, 0.717) is 29.1 Å². The van der Waals surface area contributed by atoms with Gasteiger partial charge in [-0.15, -0.1) is 0 Å². The zero-order chi connectivity index (χ0) is 21.3. The first kappa shape index (κ1) is 18.4. The summed E-state index contributed by atoms with van der Waals surface area (Å²) in [5.41, 5.74) is 6.91. The summed E-state index contributed by atoms with van der Waals surface area (Å²) in [5, 5.41) is 34.9. The Kier molecular flexibility index (Phi) is 3.74. The van der Waals surface area contributed by atoms with Crippen molar-refractivity contribution in [1.29, 1.82) is 0 Å². The van der Waals surface area contributed by atoms with Crippen molar-refractivity contribution in [1.82, 2.24) is 29.3 Å². The number of aliphatic hydroxyl groups excluding tert-OH is 2. The van der Waals surface area contributed by atoms with Gasteiger partial charge in [0.15, 0.2) is 29.1 Å². The molecular formula is C20H19N7O4. The maximum absolute atomic E-state index is 10.5. The third-order valence-corrected chi connectivity index (χ3v) is 5.94. The summed E-state index contributed by atoms with van der Waals surface area (Å²) in [6, 6.07) is 9.93. The number of fused-ring (bicyclic) bond motifs is 2. The molecule has 5 N–H and O–H groups in total. The molecule has 0 radical (unpaired) electrons. The van der Waals surface area contributed by atoms with Gasteiger partial charge in [-0.05, 0) is 5.56 Å². The summed E-state index contributed by atoms with van der Waals surface area (Å²) >= 11 is 0. The number of nitrogens with two attached hydrogens (primary N) is 1. The lowest BCUT2D eigenvalue weighted by molar-refractivity contribution is -0.0942. The molecule has 0 amide bonds. The molecule has 0 bridgehead atoms. The van der Waals surface area contributed by atoms with Crippen LogP contribution in [0.1, 0.15) is 11.8 Å². The van der Waals surface area contributed by atoms with Crippen molar-refractivity contribution in [2.24, 2.45) is 0 Å². The smallest absolute Gasteiger partial charge is 0.168 e. The molecule has 3 aromatic heterocycles. The molecule has 2 aliphatic rings. The van der Waals surface area contributed by atoms with Gasteiger partial charge in [0.05, 0.1) is 24.6 Å². The first-order valence-corrected chi connectivity index (χ1v) is 9.77. The van der Waals surface area contributed by atoms with E-state index in [1.165, 1.54) is 10.9 Å². The number of anilines is 1. The van der Waals surface area contributed by atoms with Crippen LogP contribution in [-0.4, -0.2) is 68.5 Å². The van der Waals surface area contributed by atoms with E-state index in [1.54, 1.807) is 10.9 Å². The van der Waals surface area contributed by atoms with Gasteiger partial charge in [-0.3, -0.25) is 9.25 Å². The second-order valence-corrected chi connectivity index (χ2v) is 7.89. The first-order chi connectivity index (χ1) is 15.0. The van der Waals surface area contributed by atoms with Crippen LogP contribution in [0.15, 0.2) is 49.1 Å². The van der Waals surface area contributed by atoms with Gasteiger partial charge in [0.25, 0.3) is 0 Å². The zero-order valence-electron chi connectivity index (χ0n) is 16.1. The van der Waals surface area contributed by atoms with Crippen molar-refractivity contribution < 1.29 is 20.1 Å². The fraction of sp³-hybridized carbons (Fsp3) is 0.300. The van der Waals surface area contributed by atoms with Gasteiger partial charge in [0.1, 0.15) is 23.8 Å². The summed E-state index contributed by atoms with van der Waals surface area (Å²) in [6.07, 6.45) is 0.652. The Morgan fingerprint density at radius 3 is 2.68 bits per heavy atom. The van der Waals surface area contributed by atoms with E-state index in [4.69, 9.17) is 10.5 Å². The average molecular weight is 421 g/mol. The number of ether oxygens (including phenoxy) is 1. The normalized spacial score (nSPS) is 29.4. The van der Waals surface area contributed by atoms with Crippen LogP contribution in [0.4, 0.5) is 5.82 Å². The topological polar surface area (TPSA) is 157 Å². The predicted molar refractivity (Wildman–Crippen MR) is 107 cm³/mol. The van der Waals surface area contributed by atoms with Crippen LogP contribution >= 0.6 is 0 Å². The second kappa shape index (κ2) is 6.31. The highest BCUT2D eigenvalue weighted by atomic mass is 16.6. The summed E-state index contributed by atoms with van der Waals surface area (Å²) in [7, 11) is 0. The van der Waals surface area contributed by atoms with Crippen LogP contribution in [0.3, 0.4) is 0 Å². The van der Waals surface area contributed by atoms with Gasteiger partial charge in [0.2, 0.25) is 0 Å². The van der Waals surface area contributed by atoms with Crippen LogP contribution in [0.2, 0.25) is 0 Å². The monoisotopic (exact) mass is 421 g/mol. The van der Waals surface area contributed by atoms with Crippen molar-refractivity contribution >= 4 is 17.0 Å². The number of benzene rings is 1. The van der Waals surface area contributed by atoms with Gasteiger partial charge in [0, 0.05) is 6.20 Å². The van der Waals surface area contributed by atoms with Gasteiger partial charge in [-0.25, -0.2) is 15.0 Å². The van der Waals surface area contributed by atoms with E-state index in [2.05, 4.69) is 20.1 Å². The Bertz CT molecular complexity index is 1290. The van der Waals surface area contributed by atoms with Crippen molar-refractivity contribution in [3.63, 3.8) is 0 Å². The number of hydrogen-bond acceptors (Lipinski definition) is 9. The molecule has 1 unspecified atom stereocenters. The molecule has 1 aliphatic carbocycles. The molecule has 2 fully saturated rings. The van der Waals surface area contributed by atoms with Crippen LogP contribution in [0.25, 0.3) is 22.6 Å². The van der Waals surface area contributed by atoms with Crippen molar-refractivity contribution in [3.05, 3.63) is 54.6 Å². The Morgan fingerprint density at radius 1 is 1.13 bits per heavy atom. The number of imidazole rings is 1. The second-order valence-electron chi connectivity index (χ2n) is 7.89. The Morgan fingerprint density at radius 2 is 1.94 bits per heavy atom. The molecule has 4 heterocycles. The summed E-state index contributed by atoms with van der Waals surface area (Å²) in [6.45, 7) is 0.598. The van der Waals surface area contributed by atoms with Gasteiger partial charge >= 0.3 is 0 Å². The third kappa shape index (κ3) is 2.61. The molecule has 11 nitrogen and oxygen atoms in total. The van der Waals surface area contributed by atoms with Gasteiger partial charge in [-0.1, -0.05) is 30.3 Å². The Hall–Kier alpha value is -3.38. The minimum Gasteiger partial charge on any atom is -0.387 e. The molecule has 0 spiro atoms. The molecule has 158 valence electrons. The molecule has 1 aliphatic heterocycles. The van der Waals surface area contributed by atoms with Crippen molar-refractivity contribution in [2.45, 2.75) is 36.7 Å². The number of aromatic nitrogens is 6. The van der Waals surface area contributed by atoms with E-state index in [9.17, 15) is 15.3 Å². The molecule has 1 saturated carbocycles. The van der Waals surface area contributed by atoms with Crippen LogP contribution in [0, 0.1) is 0 Å². The molecule has 1 aromatic carbocycles. The van der Waals surface area contributed by atoms with E-state index < -0.39 is 30.1 Å². The largest absolute Gasteiger partial charge is 0.387 e. The lowest BCUT2D eigenvalue weighted by atomic mass is 10.1. The number of nitrogens with zero attached hydrogens (tertiary/aromatic N) is 6. The van der Waals surface area contributed by atoms with E-state index in [1.807, 2.05) is 36.5 Å². The molecule has 1 saturated heterocycles. The van der Waals surface area contributed by atoms with Crippen LogP contribution in [0.5, 0.6) is 0 Å². The number of nitrogen functional groups attached to an aromatic ring is 1. The first-order valence-electron chi connectivity index (χ1n) is 9.77. The third-order valence-electron chi connectivity index (χ3n) is 5.94. The van der Waals surface area contributed by atoms with E-state index in [0.717, 1.165) is 5.56 Å². The molecule has 11 heteroatoms. The number of hydrogen-bond donors (Lipinski definition) is 4. The summed E-state index contributed by atoms with van der Waals surface area (Å²) in [5.74, 6) is 0.522. The Balaban J connectivity index is 1.35. The average Bonchev–Trinajstić information content (AvgIpc) is 3.24. The lowest BCUT2D eigenvalue weighted by Crippen LogP contribution is -2.36. The number of rotatable bonds is 4. The molecule has 5 atom stereocenters. The molecule has 4 aromatic rings. The highest BCUT2D eigenvalue weighted by molar-refractivity contribution is 5.83. The quantitative estimate of drug-likeness (QED) is 0.347. The van der Waals surface area contributed by atoms with Crippen LogP contribution in [-0.2, 0) is 11.3 Å². The highest BCUT2D eigenvalue weighted by Gasteiger charge is 2.76. The predicted octanol–water partition coefficient (Wildman–Crippen LogP) is -0.316. The van der Waals surface area contributed by atoms with Crippen molar-refractivity contribution in [2.75, 3.05) is 5.73 Å². The highest BCUT2D eigenvalue weighted by Crippen LogP contribution is 2.53. The summed E-state index contributed by atoms with van der Waals surface area (Å²) < 4.78 is 8.90. The number of aliphatic hydroxyl groups is 3. The summed E-state index contributed by atoms with van der Waals surface area (Å²) in [4.78, 5) is 13.1. The standard InChI is InChI=1S/C20H19N7O4/c21-16-12-18(27(9-22-12)19-14(29)20(30)13(28)15(20)31-19)25-17(24-16)11-6-23-26(8-11)7-10-4-2-1-3-5-10/h1-6,8-9,13-15,19,28-30H,7H2,(H2,21,24,25)/t13?,14-,15+,19+,20-/m0/s1. The SMILES string of the molecule is Nc1nc(-c2cnn(Cc3ccccc3)c2)nc2c1ncn2[C@@H]1O[C@@H]2C(O)[C@]2(O)[C@H]1O. The van der Waals surface area contributed by atoms with Gasteiger partial charge in [-0.2, -0.15) is 5.10 Å². The zero-order valence-corrected chi connectivity index (χ0v) is 16.1. The molecule has 31 heavy (non-hydrogen) atoms. The maximum Gasteiger partial charge on any atom is 0.168 e. The van der Waals surface area contributed by atoms with E-state index >= 15 is 0 Å². The van der Waals surface area contributed by atoms with Crippen LogP contribution < -0.4 is 5.73 Å².